The number of hydrogen-bond donors (Lipinski definition) is 3. The fourth-order valence-corrected chi connectivity index (χ4v) is 4.41. The highest BCUT2D eigenvalue weighted by Gasteiger charge is 2.20. The highest BCUT2D eigenvalue weighted by molar-refractivity contribution is 8.02. The first-order chi connectivity index (χ1) is 14.5. The molecular formula is C23H20N4O2S. The highest BCUT2D eigenvalue weighted by Crippen LogP contribution is 2.40. The molecule has 4 rings (SSSR count). The van der Waals surface area contributed by atoms with E-state index < -0.39 is 11.8 Å². The van der Waals surface area contributed by atoms with E-state index in [1.54, 1.807) is 30.9 Å². The van der Waals surface area contributed by atoms with Gasteiger partial charge in [0.2, 0.25) is 0 Å². The Morgan fingerprint density at radius 3 is 2.77 bits per heavy atom. The van der Waals surface area contributed by atoms with Gasteiger partial charge in [0.05, 0.1) is 22.6 Å². The summed E-state index contributed by atoms with van der Waals surface area (Å²) in [5.41, 5.74) is 11.2. The number of rotatable bonds is 4. The van der Waals surface area contributed by atoms with Gasteiger partial charge in [-0.1, -0.05) is 24.1 Å². The van der Waals surface area contributed by atoms with Gasteiger partial charge in [0.15, 0.2) is 0 Å². The van der Waals surface area contributed by atoms with Crippen LogP contribution < -0.4 is 16.0 Å². The molecule has 2 heterocycles. The molecule has 0 bridgehead atoms. The van der Waals surface area contributed by atoms with Crippen molar-refractivity contribution >= 4 is 45.9 Å². The van der Waals surface area contributed by atoms with Crippen LogP contribution in [-0.2, 0) is 4.79 Å². The van der Waals surface area contributed by atoms with E-state index in [1.807, 2.05) is 18.2 Å². The van der Waals surface area contributed by atoms with Gasteiger partial charge >= 0.3 is 0 Å². The number of primary amides is 1. The number of nitrogens with zero attached hydrogens (tertiary/aromatic N) is 1. The molecule has 0 saturated carbocycles. The lowest BCUT2D eigenvalue weighted by atomic mass is 9.94. The summed E-state index contributed by atoms with van der Waals surface area (Å²) in [4.78, 5) is 29.4. The summed E-state index contributed by atoms with van der Waals surface area (Å²) < 4.78 is 0. The summed E-state index contributed by atoms with van der Waals surface area (Å²) in [6, 6.07) is 9.72. The van der Waals surface area contributed by atoms with Crippen LogP contribution in [0, 0.1) is 18.8 Å². The summed E-state index contributed by atoms with van der Waals surface area (Å²) in [6.07, 6.45) is 3.73. The Hall–Kier alpha value is -3.63. The molecule has 6 nitrogen and oxygen atoms in total. The van der Waals surface area contributed by atoms with Crippen molar-refractivity contribution in [2.75, 3.05) is 16.1 Å². The number of nitrogens with one attached hydrogen (secondary N) is 2. The Morgan fingerprint density at radius 2 is 2.07 bits per heavy atom. The van der Waals surface area contributed by atoms with Crippen molar-refractivity contribution in [1.29, 1.82) is 0 Å². The molecule has 1 aliphatic heterocycles. The molecule has 0 spiro atoms. The van der Waals surface area contributed by atoms with E-state index in [0.717, 1.165) is 33.6 Å². The Morgan fingerprint density at radius 1 is 1.23 bits per heavy atom. The lowest BCUT2D eigenvalue weighted by Crippen LogP contribution is -2.13. The Labute approximate surface area is 178 Å². The first-order valence-electron chi connectivity index (χ1n) is 9.33. The van der Waals surface area contributed by atoms with Crippen LogP contribution in [0.5, 0.6) is 0 Å². The standard InChI is InChI=1S/C23H20N4O2S/c1-3-5-20(28)26-18-12-25-22-17(23(24)29)9-8-16(21(18)22)15-6-4-7-19(14(15)2)27-10-11-30-13-27/h4,6-12,25H,13H2,1-2H3,(H2,24,29)(H,26,28). The maximum Gasteiger partial charge on any atom is 0.300 e. The third kappa shape index (κ3) is 3.42. The fourth-order valence-electron chi connectivity index (χ4n) is 3.70. The average Bonchev–Trinajstić information content (AvgIpc) is 3.38. The number of benzene rings is 2. The minimum Gasteiger partial charge on any atom is -0.366 e. The number of fused-ring (bicyclic) bond motifs is 1. The molecule has 3 aromatic rings. The molecule has 2 amide bonds. The summed E-state index contributed by atoms with van der Waals surface area (Å²) in [6.45, 7) is 3.67. The third-order valence-corrected chi connectivity index (χ3v) is 5.78. The van der Waals surface area contributed by atoms with Crippen molar-refractivity contribution in [2.24, 2.45) is 5.73 Å². The third-order valence-electron chi connectivity index (χ3n) is 5.04. The van der Waals surface area contributed by atoms with E-state index in [9.17, 15) is 9.59 Å². The van der Waals surface area contributed by atoms with Crippen LogP contribution in [0.4, 0.5) is 11.4 Å². The molecule has 4 N–H and O–H groups in total. The number of aromatic nitrogens is 1. The van der Waals surface area contributed by atoms with E-state index in [0.29, 0.717) is 16.8 Å². The van der Waals surface area contributed by atoms with E-state index in [1.165, 1.54) is 0 Å². The Balaban J connectivity index is 1.94. The predicted molar refractivity (Wildman–Crippen MR) is 123 cm³/mol. The lowest BCUT2D eigenvalue weighted by molar-refractivity contribution is -0.111. The summed E-state index contributed by atoms with van der Waals surface area (Å²) in [5.74, 6) is 4.98. The number of carbonyl (C=O) groups is 2. The zero-order valence-electron chi connectivity index (χ0n) is 16.6. The number of aromatic amines is 1. The normalized spacial score (nSPS) is 12.7. The molecule has 7 heteroatoms. The smallest absolute Gasteiger partial charge is 0.300 e. The van der Waals surface area contributed by atoms with Crippen LogP contribution in [-0.4, -0.2) is 22.7 Å². The lowest BCUT2D eigenvalue weighted by Gasteiger charge is -2.20. The number of anilines is 2. The van der Waals surface area contributed by atoms with Gasteiger partial charge in [-0.2, -0.15) is 0 Å². The zero-order chi connectivity index (χ0) is 21.3. The molecule has 0 unspecified atom stereocenters. The molecule has 0 radical (unpaired) electrons. The molecular weight excluding hydrogens is 396 g/mol. The summed E-state index contributed by atoms with van der Waals surface area (Å²) >= 11 is 1.74. The maximum absolute atomic E-state index is 12.1. The summed E-state index contributed by atoms with van der Waals surface area (Å²) in [7, 11) is 0. The fraction of sp³-hybridized carbons (Fsp3) is 0.130. The molecule has 1 aliphatic rings. The number of hydrogen-bond acceptors (Lipinski definition) is 4. The monoisotopic (exact) mass is 416 g/mol. The topological polar surface area (TPSA) is 91.2 Å². The van der Waals surface area contributed by atoms with Crippen molar-refractivity contribution in [1.82, 2.24) is 4.98 Å². The first kappa shape index (κ1) is 19.7. The second kappa shape index (κ2) is 8.01. The molecule has 0 atom stereocenters. The van der Waals surface area contributed by atoms with Crippen molar-refractivity contribution in [3.05, 3.63) is 59.3 Å². The first-order valence-corrected chi connectivity index (χ1v) is 10.4. The number of carbonyl (C=O) groups excluding carboxylic acids is 2. The molecule has 0 saturated heterocycles. The second-order valence-corrected chi connectivity index (χ2v) is 7.67. The number of thioether (sulfide) groups is 1. The van der Waals surface area contributed by atoms with E-state index in [4.69, 9.17) is 5.73 Å². The maximum atomic E-state index is 12.1. The van der Waals surface area contributed by atoms with Gasteiger partial charge in [-0.25, -0.2) is 0 Å². The van der Waals surface area contributed by atoms with Crippen molar-refractivity contribution < 1.29 is 9.59 Å². The largest absolute Gasteiger partial charge is 0.366 e. The summed E-state index contributed by atoms with van der Waals surface area (Å²) in [5, 5.41) is 5.61. The minimum absolute atomic E-state index is 0.364. The van der Waals surface area contributed by atoms with E-state index in [2.05, 4.69) is 51.6 Å². The van der Waals surface area contributed by atoms with Crippen molar-refractivity contribution in [3.63, 3.8) is 0 Å². The van der Waals surface area contributed by atoms with Crippen LogP contribution in [0.1, 0.15) is 22.8 Å². The minimum atomic E-state index is -0.538. The average molecular weight is 417 g/mol. The van der Waals surface area contributed by atoms with Crippen molar-refractivity contribution in [3.8, 4) is 23.0 Å². The molecule has 0 aliphatic carbocycles. The van der Waals surface area contributed by atoms with Crippen molar-refractivity contribution in [2.45, 2.75) is 13.8 Å². The number of amides is 2. The zero-order valence-corrected chi connectivity index (χ0v) is 17.4. The van der Waals surface area contributed by atoms with E-state index >= 15 is 0 Å². The van der Waals surface area contributed by atoms with Gasteiger partial charge in [-0.05, 0) is 54.0 Å². The molecule has 0 fully saturated rings. The molecule has 2 aromatic carbocycles. The van der Waals surface area contributed by atoms with Crippen LogP contribution in [0.3, 0.4) is 0 Å². The second-order valence-electron chi connectivity index (χ2n) is 6.81. The molecule has 1 aromatic heterocycles. The van der Waals surface area contributed by atoms with Crippen LogP contribution in [0.25, 0.3) is 22.0 Å². The van der Waals surface area contributed by atoms with Gasteiger partial charge in [0.25, 0.3) is 11.8 Å². The number of nitrogens with two attached hydrogens (primary N) is 1. The quantitative estimate of drug-likeness (QED) is 0.556. The Bertz CT molecular complexity index is 1260. The van der Waals surface area contributed by atoms with Gasteiger partial charge in [-0.3, -0.25) is 9.59 Å². The van der Waals surface area contributed by atoms with Gasteiger partial charge in [0, 0.05) is 23.5 Å². The molecule has 150 valence electrons. The van der Waals surface area contributed by atoms with Crippen LogP contribution in [0.15, 0.2) is 48.1 Å². The van der Waals surface area contributed by atoms with Crippen LogP contribution >= 0.6 is 11.8 Å². The van der Waals surface area contributed by atoms with Gasteiger partial charge in [0.1, 0.15) is 0 Å². The number of H-pyrrole nitrogens is 1. The van der Waals surface area contributed by atoms with Gasteiger partial charge in [-0.15, -0.1) is 11.8 Å². The molecule has 30 heavy (non-hydrogen) atoms. The van der Waals surface area contributed by atoms with Gasteiger partial charge < -0.3 is 20.9 Å². The predicted octanol–water partition coefficient (Wildman–Crippen LogP) is 4.19. The SMILES string of the molecule is CC#CC(=O)Nc1c[nH]c2c(C(N)=O)ccc(-c3cccc(N4C=CSC4)c3C)c12. The van der Waals surface area contributed by atoms with Crippen LogP contribution in [0.2, 0.25) is 0 Å². The highest BCUT2D eigenvalue weighted by atomic mass is 32.2. The Kier molecular flexibility index (Phi) is 5.25. The van der Waals surface area contributed by atoms with E-state index in [-0.39, 0.29) is 0 Å².